The number of carbonyl (C=O) groups is 1. The van der Waals surface area contributed by atoms with Gasteiger partial charge < -0.3 is 24.1 Å². The number of carbonyl (C=O) groups excluding carboxylic acids is 1. The van der Waals surface area contributed by atoms with E-state index in [2.05, 4.69) is 30.2 Å². The normalized spacial score (nSPS) is 17.1. The van der Waals surface area contributed by atoms with Crippen molar-refractivity contribution in [2.75, 3.05) is 30.4 Å². The van der Waals surface area contributed by atoms with E-state index in [0.717, 1.165) is 78.7 Å². The number of imidazole rings is 2. The maximum atomic E-state index is 13.3. The van der Waals surface area contributed by atoms with Crippen molar-refractivity contribution in [3.8, 4) is 16.5 Å². The van der Waals surface area contributed by atoms with Gasteiger partial charge in [0.1, 0.15) is 17.6 Å². The van der Waals surface area contributed by atoms with Crippen LogP contribution in [0.4, 0.5) is 24.7 Å². The molecular formula is C27H29F3N8O2S. The highest BCUT2D eigenvalue weighted by Crippen LogP contribution is 2.40. The zero-order valence-electron chi connectivity index (χ0n) is 22.5. The van der Waals surface area contributed by atoms with Gasteiger partial charge in [0.05, 0.1) is 35.7 Å². The molecule has 1 aliphatic carbocycles. The van der Waals surface area contributed by atoms with Crippen LogP contribution in [0.25, 0.3) is 16.5 Å². The van der Waals surface area contributed by atoms with Crippen molar-refractivity contribution in [3.63, 3.8) is 0 Å². The predicted octanol–water partition coefficient (Wildman–Crippen LogP) is 5.46. The molecule has 1 aliphatic heterocycles. The lowest BCUT2D eigenvalue weighted by Crippen LogP contribution is -2.37. The molecule has 5 heterocycles. The van der Waals surface area contributed by atoms with E-state index in [4.69, 9.17) is 4.74 Å². The van der Waals surface area contributed by atoms with Crippen molar-refractivity contribution in [1.29, 1.82) is 0 Å². The van der Waals surface area contributed by atoms with Gasteiger partial charge in [0.2, 0.25) is 0 Å². The molecule has 14 heteroatoms. The fourth-order valence-electron chi connectivity index (χ4n) is 4.97. The van der Waals surface area contributed by atoms with E-state index in [-0.39, 0.29) is 28.4 Å². The molecule has 0 bridgehead atoms. The molecule has 1 saturated heterocycles. The van der Waals surface area contributed by atoms with Crippen LogP contribution in [0.2, 0.25) is 0 Å². The SMILES string of the molecule is COC1CCN(c2cnc(C(=O)Nc3csc(-c4nccn4[C@@H](C)C(F)(F)F)n3)cc2-n2cnc(C3CC3)c2)CC1. The molecule has 1 N–H and O–H groups in total. The summed E-state index contributed by atoms with van der Waals surface area (Å²) in [6, 6.07) is -0.0387. The average molecular weight is 587 g/mol. The number of rotatable bonds is 8. The lowest BCUT2D eigenvalue weighted by Gasteiger charge is -2.34. The Balaban J connectivity index is 1.25. The predicted molar refractivity (Wildman–Crippen MR) is 148 cm³/mol. The first kappa shape index (κ1) is 27.4. The highest BCUT2D eigenvalue weighted by Gasteiger charge is 2.38. The molecule has 2 fully saturated rings. The molecule has 41 heavy (non-hydrogen) atoms. The molecule has 10 nitrogen and oxygen atoms in total. The molecule has 1 saturated carbocycles. The minimum Gasteiger partial charge on any atom is -0.381 e. The number of thiazole rings is 1. The fourth-order valence-corrected chi connectivity index (χ4v) is 5.72. The van der Waals surface area contributed by atoms with E-state index in [0.29, 0.717) is 5.92 Å². The van der Waals surface area contributed by atoms with Crippen LogP contribution in [0.15, 0.2) is 42.6 Å². The number of piperidine rings is 1. The van der Waals surface area contributed by atoms with Gasteiger partial charge in [0, 0.05) is 50.1 Å². The first-order valence-electron chi connectivity index (χ1n) is 13.4. The number of alkyl halides is 3. The summed E-state index contributed by atoms with van der Waals surface area (Å²) in [5.74, 6) is 0.281. The zero-order chi connectivity index (χ0) is 28.7. The Labute approximate surface area is 238 Å². The largest absolute Gasteiger partial charge is 0.408 e. The molecule has 0 aromatic carbocycles. The van der Waals surface area contributed by atoms with E-state index in [1.54, 1.807) is 31.1 Å². The summed E-state index contributed by atoms with van der Waals surface area (Å²) >= 11 is 1.10. The monoisotopic (exact) mass is 586 g/mol. The quantitative estimate of drug-likeness (QED) is 0.293. The first-order chi connectivity index (χ1) is 19.7. The second-order valence-corrected chi connectivity index (χ2v) is 11.2. The van der Waals surface area contributed by atoms with Crippen LogP contribution >= 0.6 is 11.3 Å². The van der Waals surface area contributed by atoms with Crippen LogP contribution in [0.3, 0.4) is 0 Å². The number of anilines is 2. The summed E-state index contributed by atoms with van der Waals surface area (Å²) in [6.07, 6.45) is 7.87. The summed E-state index contributed by atoms with van der Waals surface area (Å²) in [7, 11) is 1.73. The van der Waals surface area contributed by atoms with Crippen molar-refractivity contribution in [2.24, 2.45) is 0 Å². The van der Waals surface area contributed by atoms with Gasteiger partial charge in [0.15, 0.2) is 10.8 Å². The van der Waals surface area contributed by atoms with E-state index in [1.807, 2.05) is 10.8 Å². The maximum Gasteiger partial charge on any atom is 0.408 e. The third-order valence-electron chi connectivity index (χ3n) is 7.58. The standard InChI is InChI=1S/C27H29F3N8O2S/c1-16(27(28,29)30)38-10-7-31-24(38)26-35-23(14-41-26)34-25(39)19-11-21(37-13-20(33-15-37)17-3-4-17)22(12-32-19)36-8-5-18(40-2)6-9-36/h7,10-18H,3-6,8-9H2,1-2H3,(H,34,39)/t16-/m0/s1. The van der Waals surface area contributed by atoms with Crippen LogP contribution < -0.4 is 10.2 Å². The topological polar surface area (TPSA) is 103 Å². The minimum atomic E-state index is -4.44. The Morgan fingerprint density at radius 2 is 1.93 bits per heavy atom. The molecule has 0 unspecified atom stereocenters. The molecule has 4 aromatic rings. The van der Waals surface area contributed by atoms with Gasteiger partial charge in [-0.3, -0.25) is 4.79 Å². The molecule has 2 aliphatic rings. The lowest BCUT2D eigenvalue weighted by atomic mass is 10.1. The van der Waals surface area contributed by atoms with Crippen LogP contribution in [-0.2, 0) is 4.74 Å². The number of nitrogens with one attached hydrogen (secondary N) is 1. The summed E-state index contributed by atoms with van der Waals surface area (Å²) in [4.78, 5) is 33.0. The van der Waals surface area contributed by atoms with Gasteiger partial charge in [-0.15, -0.1) is 11.3 Å². The third-order valence-corrected chi connectivity index (χ3v) is 8.42. The summed E-state index contributed by atoms with van der Waals surface area (Å²) in [6.45, 7) is 2.66. The minimum absolute atomic E-state index is 0.0777. The van der Waals surface area contributed by atoms with Crippen molar-refractivity contribution in [3.05, 3.63) is 53.9 Å². The number of hydrogen-bond acceptors (Lipinski definition) is 8. The van der Waals surface area contributed by atoms with Crippen molar-refractivity contribution in [2.45, 2.75) is 56.8 Å². The lowest BCUT2D eigenvalue weighted by molar-refractivity contribution is -0.162. The second-order valence-electron chi connectivity index (χ2n) is 10.3. The number of hydrogen-bond donors (Lipinski definition) is 1. The molecule has 0 spiro atoms. The Morgan fingerprint density at radius 1 is 1.15 bits per heavy atom. The molecule has 6 rings (SSSR count). The zero-order valence-corrected chi connectivity index (χ0v) is 23.3. The van der Waals surface area contributed by atoms with Crippen molar-refractivity contribution < 1.29 is 22.7 Å². The second kappa shape index (κ2) is 10.9. The Kier molecular flexibility index (Phi) is 7.28. The van der Waals surface area contributed by atoms with Crippen molar-refractivity contribution >= 4 is 28.7 Å². The van der Waals surface area contributed by atoms with Crippen LogP contribution in [0.5, 0.6) is 0 Å². The summed E-state index contributed by atoms with van der Waals surface area (Å²) in [5.41, 5.74) is 2.91. The highest BCUT2D eigenvalue weighted by molar-refractivity contribution is 7.13. The Morgan fingerprint density at radius 3 is 2.63 bits per heavy atom. The summed E-state index contributed by atoms with van der Waals surface area (Å²) < 4.78 is 48.4. The fraction of sp³-hybridized carbons (Fsp3) is 0.444. The smallest absolute Gasteiger partial charge is 0.381 e. The molecule has 216 valence electrons. The number of nitrogens with zero attached hydrogens (tertiary/aromatic N) is 7. The van der Waals surface area contributed by atoms with Gasteiger partial charge in [-0.25, -0.2) is 19.9 Å². The molecule has 1 atom stereocenters. The Hall–Kier alpha value is -3.78. The molecular weight excluding hydrogens is 557 g/mol. The van der Waals surface area contributed by atoms with E-state index >= 15 is 0 Å². The van der Waals surface area contributed by atoms with Gasteiger partial charge in [-0.05, 0) is 38.7 Å². The summed E-state index contributed by atoms with van der Waals surface area (Å²) in [5, 5.41) is 4.55. The average Bonchev–Trinajstić information content (AvgIpc) is 3.32. The number of amides is 1. The number of halogens is 3. The number of ether oxygens (including phenoxy) is 1. The van der Waals surface area contributed by atoms with E-state index in [9.17, 15) is 18.0 Å². The molecule has 1 amide bonds. The molecule has 4 aromatic heterocycles. The van der Waals surface area contributed by atoms with E-state index < -0.39 is 18.1 Å². The number of pyridine rings is 1. The molecule has 0 radical (unpaired) electrons. The maximum absolute atomic E-state index is 13.3. The van der Waals surface area contributed by atoms with Crippen LogP contribution in [0, 0.1) is 0 Å². The van der Waals surface area contributed by atoms with Crippen LogP contribution in [-0.4, -0.2) is 67.5 Å². The van der Waals surface area contributed by atoms with Crippen LogP contribution in [0.1, 0.15) is 60.7 Å². The van der Waals surface area contributed by atoms with Gasteiger partial charge in [-0.2, -0.15) is 13.2 Å². The highest BCUT2D eigenvalue weighted by atomic mass is 32.1. The van der Waals surface area contributed by atoms with Gasteiger partial charge in [0.25, 0.3) is 5.91 Å². The Bertz CT molecular complexity index is 1540. The van der Waals surface area contributed by atoms with Crippen molar-refractivity contribution in [1.82, 2.24) is 29.1 Å². The third kappa shape index (κ3) is 5.71. The van der Waals surface area contributed by atoms with Gasteiger partial charge in [-0.1, -0.05) is 0 Å². The number of methoxy groups -OCH3 is 1. The van der Waals surface area contributed by atoms with E-state index in [1.165, 1.54) is 12.4 Å². The van der Waals surface area contributed by atoms with Gasteiger partial charge >= 0.3 is 6.18 Å². The number of aromatic nitrogens is 6. The first-order valence-corrected chi connectivity index (χ1v) is 14.3.